The summed E-state index contributed by atoms with van der Waals surface area (Å²) in [7, 11) is 3.57. The van der Waals surface area contributed by atoms with Crippen LogP contribution in [0.5, 0.6) is 0 Å². The van der Waals surface area contributed by atoms with Crippen molar-refractivity contribution in [1.82, 2.24) is 39.1 Å². The molecule has 0 spiro atoms. The van der Waals surface area contributed by atoms with Gasteiger partial charge in [-0.2, -0.15) is 19.0 Å². The Kier molecular flexibility index (Phi) is 13.9. The molecular formula is C61H70F2N10O2. The van der Waals surface area contributed by atoms with Crippen molar-refractivity contribution in [3.8, 4) is 22.3 Å². The van der Waals surface area contributed by atoms with Crippen LogP contribution in [-0.2, 0) is 18.9 Å². The SMILES string of the molecule is Cn1nc(F)c2cc(C3CCC(CN(C(=O)C4CCC(O)CC4)c4cccc(-c5cnn(C6CC6)c5)c4)CC3)ccc21.Cn1nc(F)c2cc(C3CCC(CNc4cccc(-c5cnn(C6CC6)c5)c4)CC3)ccc21. The number of rotatable bonds is 13. The Morgan fingerprint density at radius 1 is 0.600 bits per heavy atom. The van der Waals surface area contributed by atoms with Crippen molar-refractivity contribution >= 4 is 39.1 Å². The molecule has 2 N–H and O–H groups in total. The van der Waals surface area contributed by atoms with E-state index in [0.717, 1.165) is 85.8 Å². The summed E-state index contributed by atoms with van der Waals surface area (Å²) in [5.74, 6) is 1.33. The first-order valence-electron chi connectivity index (χ1n) is 27.8. The van der Waals surface area contributed by atoms with E-state index in [9.17, 15) is 18.7 Å². The second-order valence-electron chi connectivity index (χ2n) is 22.7. The van der Waals surface area contributed by atoms with E-state index in [2.05, 4.69) is 108 Å². The van der Waals surface area contributed by atoms with Crippen LogP contribution in [0.4, 0.5) is 20.2 Å². The van der Waals surface area contributed by atoms with Crippen molar-refractivity contribution < 1.29 is 18.7 Å². The fourth-order valence-corrected chi connectivity index (χ4v) is 12.5. The second kappa shape index (κ2) is 21.2. The number of halogens is 2. The van der Waals surface area contributed by atoms with E-state index >= 15 is 0 Å². The van der Waals surface area contributed by atoms with E-state index in [1.54, 1.807) is 23.5 Å². The number of hydrogen-bond donors (Lipinski definition) is 2. The minimum absolute atomic E-state index is 0.0490. The van der Waals surface area contributed by atoms with Gasteiger partial charge in [0, 0.05) is 68.0 Å². The van der Waals surface area contributed by atoms with Crippen molar-refractivity contribution in [2.24, 2.45) is 31.8 Å². The summed E-state index contributed by atoms with van der Waals surface area (Å²) in [6, 6.07) is 30.4. The number of anilines is 2. The molecule has 14 heteroatoms. The molecule has 0 atom stereocenters. The summed E-state index contributed by atoms with van der Waals surface area (Å²) >= 11 is 0. The first-order chi connectivity index (χ1) is 36.6. The van der Waals surface area contributed by atoms with Gasteiger partial charge in [-0.15, -0.1) is 10.2 Å². The number of hydrogen-bond acceptors (Lipinski definition) is 7. The van der Waals surface area contributed by atoms with Gasteiger partial charge in [0.25, 0.3) is 0 Å². The van der Waals surface area contributed by atoms with Crippen LogP contribution in [0.3, 0.4) is 0 Å². The predicted octanol–water partition coefficient (Wildman–Crippen LogP) is 13.1. The van der Waals surface area contributed by atoms with Gasteiger partial charge in [-0.05, 0) is 197 Å². The summed E-state index contributed by atoms with van der Waals surface area (Å²) < 4.78 is 35.9. The summed E-state index contributed by atoms with van der Waals surface area (Å²) in [5, 5.41) is 31.9. The molecule has 12 nitrogen and oxygen atoms in total. The van der Waals surface area contributed by atoms with E-state index in [4.69, 9.17) is 0 Å². The maximum absolute atomic E-state index is 14.4. The lowest BCUT2D eigenvalue weighted by atomic mass is 9.78. The normalized spacial score (nSPS) is 23.0. The zero-order valence-corrected chi connectivity index (χ0v) is 43.4. The highest BCUT2D eigenvalue weighted by atomic mass is 19.1. The van der Waals surface area contributed by atoms with Gasteiger partial charge >= 0.3 is 0 Å². The summed E-state index contributed by atoms with van der Waals surface area (Å²) in [6.07, 6.45) is 24.5. The average molecular weight is 1010 g/mol. The molecule has 4 aromatic carbocycles. The third-order valence-electron chi connectivity index (χ3n) is 17.4. The minimum Gasteiger partial charge on any atom is -0.393 e. The van der Waals surface area contributed by atoms with Crippen LogP contribution in [0.25, 0.3) is 44.1 Å². The van der Waals surface area contributed by atoms with Gasteiger partial charge in [0.15, 0.2) is 0 Å². The van der Waals surface area contributed by atoms with Gasteiger partial charge < -0.3 is 15.3 Å². The number of nitrogens with zero attached hydrogens (tertiary/aromatic N) is 9. The number of carbonyl (C=O) groups is 1. The van der Waals surface area contributed by atoms with Crippen molar-refractivity contribution in [2.45, 2.75) is 133 Å². The molecule has 0 aliphatic heterocycles. The molecule has 0 bridgehead atoms. The highest BCUT2D eigenvalue weighted by Crippen LogP contribution is 2.42. The quantitative estimate of drug-likeness (QED) is 0.118. The van der Waals surface area contributed by atoms with Gasteiger partial charge in [-0.1, -0.05) is 36.4 Å². The molecule has 5 aliphatic carbocycles. The lowest BCUT2D eigenvalue weighted by molar-refractivity contribution is -0.124. The molecule has 4 aromatic heterocycles. The van der Waals surface area contributed by atoms with E-state index in [1.165, 1.54) is 66.5 Å². The highest BCUT2D eigenvalue weighted by Gasteiger charge is 2.33. The number of fused-ring (bicyclic) bond motifs is 2. The fraction of sp³-hybridized carbons (Fsp3) is 0.459. The van der Waals surface area contributed by atoms with Crippen LogP contribution in [0.15, 0.2) is 110 Å². The summed E-state index contributed by atoms with van der Waals surface area (Å²) in [5.41, 5.74) is 10.8. The number of carbonyl (C=O) groups excluding carboxylic acids is 1. The molecular weight excluding hydrogens is 943 g/mol. The van der Waals surface area contributed by atoms with Crippen LogP contribution in [-0.4, -0.2) is 69.3 Å². The van der Waals surface area contributed by atoms with Gasteiger partial charge in [-0.25, -0.2) is 0 Å². The highest BCUT2D eigenvalue weighted by molar-refractivity contribution is 5.96. The maximum atomic E-state index is 14.4. The molecule has 5 aliphatic rings. The van der Waals surface area contributed by atoms with Crippen molar-refractivity contribution in [3.63, 3.8) is 0 Å². The van der Waals surface area contributed by atoms with Crippen molar-refractivity contribution in [2.75, 3.05) is 23.3 Å². The van der Waals surface area contributed by atoms with Crippen molar-refractivity contribution in [3.05, 3.63) is 133 Å². The minimum atomic E-state index is -0.408. The second-order valence-corrected chi connectivity index (χ2v) is 22.7. The lowest BCUT2D eigenvalue weighted by Crippen LogP contribution is -2.41. The number of aliphatic hydroxyl groups excluding tert-OH is 1. The predicted molar refractivity (Wildman–Crippen MR) is 291 cm³/mol. The first-order valence-corrected chi connectivity index (χ1v) is 27.8. The molecule has 5 fully saturated rings. The molecule has 5 saturated carbocycles. The summed E-state index contributed by atoms with van der Waals surface area (Å²) in [4.78, 5) is 16.1. The molecule has 0 saturated heterocycles. The largest absolute Gasteiger partial charge is 0.393 e. The van der Waals surface area contributed by atoms with Gasteiger partial charge in [0.2, 0.25) is 17.8 Å². The Morgan fingerprint density at radius 2 is 1.12 bits per heavy atom. The van der Waals surface area contributed by atoms with Crippen LogP contribution < -0.4 is 10.2 Å². The fourth-order valence-electron chi connectivity index (χ4n) is 12.5. The molecule has 1 amide bonds. The number of aryl methyl sites for hydroxylation is 2. The summed E-state index contributed by atoms with van der Waals surface area (Å²) in [6.45, 7) is 1.69. The van der Waals surface area contributed by atoms with E-state index in [-0.39, 0.29) is 23.9 Å². The van der Waals surface area contributed by atoms with Gasteiger partial charge in [-0.3, -0.25) is 23.5 Å². The van der Waals surface area contributed by atoms with E-state index < -0.39 is 5.95 Å². The smallest absolute Gasteiger partial charge is 0.240 e. The number of benzene rings is 4. The Morgan fingerprint density at radius 3 is 1.67 bits per heavy atom. The topological polar surface area (TPSA) is 124 Å². The van der Waals surface area contributed by atoms with Gasteiger partial charge in [0.05, 0.1) is 52.4 Å². The third kappa shape index (κ3) is 10.9. The van der Waals surface area contributed by atoms with Crippen molar-refractivity contribution in [1.29, 1.82) is 0 Å². The van der Waals surface area contributed by atoms with Crippen LogP contribution in [0.2, 0.25) is 0 Å². The Balaban J connectivity index is 0.000000156. The average Bonchev–Trinajstić information content (AvgIpc) is 4.32. The number of amides is 1. The molecule has 75 heavy (non-hydrogen) atoms. The number of aromatic nitrogens is 8. The Bertz CT molecular complexity index is 3290. The molecule has 0 unspecified atom stereocenters. The number of nitrogens with one attached hydrogen (secondary N) is 1. The van der Waals surface area contributed by atoms with Crippen LogP contribution in [0, 0.1) is 29.6 Å². The van der Waals surface area contributed by atoms with E-state index in [0.29, 0.717) is 65.9 Å². The van der Waals surface area contributed by atoms with E-state index in [1.807, 2.05) is 41.6 Å². The lowest BCUT2D eigenvalue weighted by Gasteiger charge is -2.36. The first kappa shape index (κ1) is 49.2. The van der Waals surface area contributed by atoms with Gasteiger partial charge in [0.1, 0.15) is 0 Å². The Hall–Kier alpha value is -6.67. The maximum Gasteiger partial charge on any atom is 0.240 e. The molecule has 13 rings (SSSR count). The molecule has 0 radical (unpaired) electrons. The van der Waals surface area contributed by atoms with Crippen LogP contribution >= 0.6 is 0 Å². The Labute approximate surface area is 438 Å². The third-order valence-corrected chi connectivity index (χ3v) is 17.4. The molecule has 4 heterocycles. The standard InChI is InChI=1S/C34H40FN5O2.C27H30FN5/c1-38-32-16-11-26(18-31(32)33(35)37-38)23-7-5-22(6-8-23)20-39(34(42)24-9-14-30(41)15-10-24)29-4-2-3-25(17-29)27-19-36-40(21-27)28-12-13-28;1-32-26-12-9-21(14-25(26)27(28)31-32)19-7-5-18(6-8-19)15-29-23-4-2-3-20(13-23)22-16-30-33(17-22)24-10-11-24/h2-4,11,16-19,21-24,28,30,41H,5-10,12-15,20H2,1H3;2-4,9,12-14,16-19,24,29H,5-8,10-11,15H2,1H3. The molecule has 8 aromatic rings. The molecule has 390 valence electrons. The zero-order valence-electron chi connectivity index (χ0n) is 43.4. The monoisotopic (exact) mass is 1010 g/mol. The number of aliphatic hydroxyl groups is 1. The van der Waals surface area contributed by atoms with Crippen LogP contribution in [0.1, 0.15) is 138 Å². The zero-order chi connectivity index (χ0) is 51.2.